The molecule has 2 heterocycles. The number of rotatable bonds is 10. The highest BCUT2D eigenvalue weighted by atomic mass is 35.5. The van der Waals surface area contributed by atoms with Gasteiger partial charge in [-0.05, 0) is 18.1 Å². The van der Waals surface area contributed by atoms with Crippen LogP contribution in [-0.4, -0.2) is 64.4 Å². The molecule has 150 valence electrons. The van der Waals surface area contributed by atoms with Crippen molar-refractivity contribution in [2.75, 3.05) is 50.5 Å². The zero-order chi connectivity index (χ0) is 19.3. The molecule has 10 heteroatoms. The minimum atomic E-state index is -3.77. The van der Waals surface area contributed by atoms with E-state index < -0.39 is 10.2 Å². The fourth-order valence-electron chi connectivity index (χ4n) is 2.97. The van der Waals surface area contributed by atoms with Crippen molar-refractivity contribution in [3.63, 3.8) is 0 Å². The average Bonchev–Trinajstić information content (AvgIpc) is 3.12. The molecule has 0 radical (unpaired) electrons. The number of hydrogen-bond acceptors (Lipinski definition) is 5. The van der Waals surface area contributed by atoms with Crippen LogP contribution in [0.4, 0.5) is 5.69 Å². The standard InChI is InChI=1S/C17H24ClN3O5S/c1-24-9-10-26-12-11-25-8-2-7-20-13-15-4-3-14-5-6-19-16(14)17(15)21(18)27(20,22)23/h3-6,19H,2,7-13H2,1H3. The first-order valence-electron chi connectivity index (χ1n) is 8.75. The third kappa shape index (κ3) is 4.56. The first kappa shape index (κ1) is 20.4. The van der Waals surface area contributed by atoms with Crippen LogP contribution in [0.3, 0.4) is 0 Å². The van der Waals surface area contributed by atoms with E-state index in [2.05, 4.69) is 4.98 Å². The Kier molecular flexibility index (Phi) is 6.96. The quantitative estimate of drug-likeness (QED) is 0.473. The van der Waals surface area contributed by atoms with E-state index in [9.17, 15) is 8.42 Å². The Balaban J connectivity index is 1.53. The number of aromatic nitrogens is 1. The van der Waals surface area contributed by atoms with Crippen molar-refractivity contribution in [1.82, 2.24) is 9.29 Å². The Labute approximate surface area is 164 Å². The topological polar surface area (TPSA) is 84.1 Å². The summed E-state index contributed by atoms with van der Waals surface area (Å²) in [5, 5.41) is 0.921. The van der Waals surface area contributed by atoms with Crippen LogP contribution in [0.25, 0.3) is 10.9 Å². The second-order valence-corrected chi connectivity index (χ2v) is 8.46. The highest BCUT2D eigenvalue weighted by molar-refractivity contribution is 7.91. The second-order valence-electron chi connectivity index (χ2n) is 6.14. The molecule has 0 saturated heterocycles. The van der Waals surface area contributed by atoms with E-state index >= 15 is 0 Å². The molecule has 3 rings (SSSR count). The van der Waals surface area contributed by atoms with E-state index in [0.717, 1.165) is 20.3 Å². The fourth-order valence-corrected chi connectivity index (χ4v) is 4.73. The van der Waals surface area contributed by atoms with Gasteiger partial charge in [0.1, 0.15) is 0 Å². The van der Waals surface area contributed by atoms with Crippen molar-refractivity contribution in [3.8, 4) is 0 Å². The number of anilines is 1. The number of nitrogens with one attached hydrogen (secondary N) is 1. The predicted octanol–water partition coefficient (Wildman–Crippen LogP) is 2.26. The SMILES string of the molecule is COCCOCCOCCCN1Cc2ccc3cc[nH]c3c2N(Cl)S1(=O)=O. The Morgan fingerprint density at radius 3 is 2.63 bits per heavy atom. The van der Waals surface area contributed by atoms with E-state index in [0.29, 0.717) is 51.7 Å². The van der Waals surface area contributed by atoms with Gasteiger partial charge < -0.3 is 19.2 Å². The molecule has 1 aromatic carbocycles. The third-order valence-electron chi connectivity index (χ3n) is 4.34. The number of H-pyrrole nitrogens is 1. The summed E-state index contributed by atoms with van der Waals surface area (Å²) in [5.41, 5.74) is 2.09. The maximum absolute atomic E-state index is 12.7. The molecule has 8 nitrogen and oxygen atoms in total. The van der Waals surface area contributed by atoms with Crippen molar-refractivity contribution in [3.05, 3.63) is 30.0 Å². The first-order valence-corrected chi connectivity index (χ1v) is 10.5. The van der Waals surface area contributed by atoms with Crippen LogP contribution in [0.1, 0.15) is 12.0 Å². The normalized spacial score (nSPS) is 16.7. The molecule has 0 amide bonds. The maximum atomic E-state index is 12.7. The van der Waals surface area contributed by atoms with Crippen molar-refractivity contribution in [1.29, 1.82) is 0 Å². The predicted molar refractivity (Wildman–Crippen MR) is 104 cm³/mol. The Morgan fingerprint density at radius 2 is 1.85 bits per heavy atom. The van der Waals surface area contributed by atoms with E-state index in [-0.39, 0.29) is 6.54 Å². The summed E-state index contributed by atoms with van der Waals surface area (Å²) in [4.78, 5) is 3.07. The smallest absolute Gasteiger partial charge is 0.318 e. The average molecular weight is 418 g/mol. The summed E-state index contributed by atoms with van der Waals surface area (Å²) < 4.78 is 43.4. The first-order chi connectivity index (χ1) is 13.1. The van der Waals surface area contributed by atoms with Gasteiger partial charge in [0.2, 0.25) is 0 Å². The van der Waals surface area contributed by atoms with Gasteiger partial charge in [0.15, 0.2) is 0 Å². The van der Waals surface area contributed by atoms with Crippen LogP contribution < -0.4 is 3.82 Å². The van der Waals surface area contributed by atoms with Gasteiger partial charge in [0, 0.05) is 50.2 Å². The van der Waals surface area contributed by atoms with Gasteiger partial charge in [0.05, 0.1) is 37.6 Å². The van der Waals surface area contributed by atoms with Crippen LogP contribution in [0, 0.1) is 0 Å². The number of benzene rings is 1. The molecule has 0 fully saturated rings. The zero-order valence-corrected chi connectivity index (χ0v) is 16.8. The molecular formula is C17H24ClN3O5S. The molecule has 0 atom stereocenters. The van der Waals surface area contributed by atoms with Gasteiger partial charge in [-0.2, -0.15) is 16.5 Å². The monoisotopic (exact) mass is 417 g/mol. The minimum Gasteiger partial charge on any atom is -0.382 e. The van der Waals surface area contributed by atoms with E-state index in [1.54, 1.807) is 13.3 Å². The van der Waals surface area contributed by atoms with Crippen molar-refractivity contribution in [2.45, 2.75) is 13.0 Å². The second kappa shape index (κ2) is 9.22. The van der Waals surface area contributed by atoms with Crippen LogP contribution >= 0.6 is 11.8 Å². The number of hydrogen-bond donors (Lipinski definition) is 1. The molecule has 1 aliphatic heterocycles. The Bertz CT molecular complexity index is 857. The van der Waals surface area contributed by atoms with Gasteiger partial charge in [-0.3, -0.25) is 0 Å². The number of aromatic amines is 1. The fraction of sp³-hybridized carbons (Fsp3) is 0.529. The summed E-state index contributed by atoms with van der Waals surface area (Å²) in [6.07, 6.45) is 2.34. The van der Waals surface area contributed by atoms with Crippen LogP contribution in [0.2, 0.25) is 0 Å². The molecule has 0 bridgehead atoms. The molecule has 1 N–H and O–H groups in total. The van der Waals surface area contributed by atoms with Gasteiger partial charge in [-0.15, -0.1) is 0 Å². The lowest BCUT2D eigenvalue weighted by atomic mass is 10.1. The van der Waals surface area contributed by atoms with Crippen molar-refractivity contribution < 1.29 is 22.6 Å². The lowest BCUT2D eigenvalue weighted by Crippen LogP contribution is -2.44. The van der Waals surface area contributed by atoms with E-state index in [1.807, 2.05) is 18.2 Å². The Hall–Kier alpha value is -1.36. The summed E-state index contributed by atoms with van der Waals surface area (Å²) in [6, 6.07) is 5.75. The van der Waals surface area contributed by atoms with E-state index in [1.165, 1.54) is 4.31 Å². The zero-order valence-electron chi connectivity index (χ0n) is 15.2. The highest BCUT2D eigenvalue weighted by Gasteiger charge is 2.37. The number of methoxy groups -OCH3 is 1. The highest BCUT2D eigenvalue weighted by Crippen LogP contribution is 2.38. The number of ether oxygens (including phenoxy) is 3. The molecule has 2 aromatic rings. The molecule has 0 aliphatic carbocycles. The molecule has 0 unspecified atom stereocenters. The number of halogens is 1. The minimum absolute atomic E-state index is 0.288. The summed E-state index contributed by atoms with van der Waals surface area (Å²) in [6.45, 7) is 3.10. The van der Waals surface area contributed by atoms with Crippen molar-refractivity contribution in [2.24, 2.45) is 0 Å². The van der Waals surface area contributed by atoms with Crippen LogP contribution in [0.15, 0.2) is 24.4 Å². The molecule has 1 aromatic heterocycles. The van der Waals surface area contributed by atoms with Gasteiger partial charge >= 0.3 is 10.2 Å². The Morgan fingerprint density at radius 1 is 1.11 bits per heavy atom. The molecule has 0 saturated carbocycles. The number of nitrogens with zero attached hydrogens (tertiary/aromatic N) is 2. The molecule has 1 aliphatic rings. The summed E-state index contributed by atoms with van der Waals surface area (Å²) in [5.74, 6) is 0. The third-order valence-corrected chi connectivity index (χ3v) is 6.58. The van der Waals surface area contributed by atoms with Crippen molar-refractivity contribution >= 4 is 38.6 Å². The molecular weight excluding hydrogens is 394 g/mol. The van der Waals surface area contributed by atoms with Gasteiger partial charge in [-0.25, -0.2) is 0 Å². The summed E-state index contributed by atoms with van der Waals surface area (Å²) in [7, 11) is -2.15. The largest absolute Gasteiger partial charge is 0.382 e. The van der Waals surface area contributed by atoms with Gasteiger partial charge in [0.25, 0.3) is 0 Å². The van der Waals surface area contributed by atoms with Gasteiger partial charge in [-0.1, -0.05) is 12.1 Å². The van der Waals surface area contributed by atoms with E-state index in [4.69, 9.17) is 26.0 Å². The summed E-state index contributed by atoms with van der Waals surface area (Å²) >= 11 is 6.22. The maximum Gasteiger partial charge on any atom is 0.318 e. The molecule has 27 heavy (non-hydrogen) atoms. The lowest BCUT2D eigenvalue weighted by Gasteiger charge is -2.33. The number of fused-ring (bicyclic) bond motifs is 3. The lowest BCUT2D eigenvalue weighted by molar-refractivity contribution is 0.0236. The molecule has 0 spiro atoms. The van der Waals surface area contributed by atoms with Crippen LogP contribution in [-0.2, 0) is 31.0 Å². The van der Waals surface area contributed by atoms with Crippen LogP contribution in [0.5, 0.6) is 0 Å².